The minimum atomic E-state index is -0.446. The quantitative estimate of drug-likeness (QED) is 0.495. The third-order valence-corrected chi connectivity index (χ3v) is 6.16. The number of hydrogen-bond donors (Lipinski definition) is 2. The van der Waals surface area contributed by atoms with Crippen LogP contribution >= 0.6 is 11.8 Å². The Morgan fingerprint density at radius 2 is 2.00 bits per heavy atom. The molecule has 1 saturated carbocycles. The number of nitrogens with one attached hydrogen (secondary N) is 2. The average Bonchev–Trinajstić information content (AvgIpc) is 3.52. The number of nitrogens with zero attached hydrogens (tertiary/aromatic N) is 4. The maximum atomic E-state index is 12.2. The first-order valence-electron chi connectivity index (χ1n) is 10.4. The van der Waals surface area contributed by atoms with Gasteiger partial charge in [0, 0.05) is 30.5 Å². The predicted octanol–water partition coefficient (Wildman–Crippen LogP) is 3.48. The molecule has 2 aromatic rings. The molecule has 8 nitrogen and oxygen atoms in total. The molecule has 3 amide bonds. The van der Waals surface area contributed by atoms with Crippen LogP contribution in [0.3, 0.4) is 0 Å². The fourth-order valence-corrected chi connectivity index (χ4v) is 4.35. The molecule has 1 fully saturated rings. The molecule has 158 valence electrons. The van der Waals surface area contributed by atoms with Gasteiger partial charge in [0.15, 0.2) is 11.0 Å². The maximum absolute atomic E-state index is 12.2. The van der Waals surface area contributed by atoms with Crippen LogP contribution in [-0.2, 0) is 4.79 Å². The van der Waals surface area contributed by atoms with Gasteiger partial charge >= 0.3 is 6.03 Å². The van der Waals surface area contributed by atoms with Gasteiger partial charge < -0.3 is 5.32 Å². The number of imide groups is 1. The summed E-state index contributed by atoms with van der Waals surface area (Å²) in [7, 11) is 0. The molecule has 0 saturated heterocycles. The lowest BCUT2D eigenvalue weighted by atomic mass is 9.97. The van der Waals surface area contributed by atoms with Crippen LogP contribution in [0.4, 0.5) is 4.79 Å². The van der Waals surface area contributed by atoms with Crippen molar-refractivity contribution in [2.24, 2.45) is 0 Å². The fourth-order valence-electron chi connectivity index (χ4n) is 3.54. The molecule has 2 aliphatic rings. The van der Waals surface area contributed by atoms with Crippen LogP contribution in [0.15, 0.2) is 41.3 Å². The van der Waals surface area contributed by atoms with Gasteiger partial charge in [-0.05, 0) is 57.1 Å². The molecule has 2 aromatic heterocycles. The summed E-state index contributed by atoms with van der Waals surface area (Å²) < 4.78 is 2.09. The number of pyridine rings is 1. The number of rotatable bonds is 8. The second-order valence-electron chi connectivity index (χ2n) is 7.59. The second kappa shape index (κ2) is 9.88. The number of allylic oxidation sites excluding steroid dienone is 1. The first-order valence-corrected chi connectivity index (χ1v) is 11.4. The number of hydrogen-bond acceptors (Lipinski definition) is 6. The SMILES string of the molecule is O=C(CSc1nnc(-c2ccncc2)n1C1CC1)NC(=O)NCCC1=CCCCC1. The lowest BCUT2D eigenvalue weighted by Gasteiger charge is -2.13. The molecule has 0 aliphatic heterocycles. The van der Waals surface area contributed by atoms with E-state index in [4.69, 9.17) is 0 Å². The molecule has 0 unspecified atom stereocenters. The zero-order valence-corrected chi connectivity index (χ0v) is 17.7. The third-order valence-electron chi connectivity index (χ3n) is 5.22. The first-order chi connectivity index (χ1) is 14.7. The highest BCUT2D eigenvalue weighted by atomic mass is 32.2. The highest BCUT2D eigenvalue weighted by Crippen LogP contribution is 2.40. The van der Waals surface area contributed by atoms with Gasteiger partial charge in [0.2, 0.25) is 5.91 Å². The van der Waals surface area contributed by atoms with Gasteiger partial charge in [-0.25, -0.2) is 4.79 Å². The van der Waals surface area contributed by atoms with Crippen molar-refractivity contribution in [2.45, 2.75) is 56.1 Å². The lowest BCUT2D eigenvalue weighted by Crippen LogP contribution is -2.40. The van der Waals surface area contributed by atoms with Gasteiger partial charge in [0.1, 0.15) is 0 Å². The predicted molar refractivity (Wildman–Crippen MR) is 115 cm³/mol. The van der Waals surface area contributed by atoms with Gasteiger partial charge in [-0.2, -0.15) is 0 Å². The molecule has 0 spiro atoms. The van der Waals surface area contributed by atoms with Crippen LogP contribution in [0, 0.1) is 0 Å². The van der Waals surface area contributed by atoms with E-state index in [9.17, 15) is 9.59 Å². The molecule has 0 aromatic carbocycles. The molecular formula is C21H26N6O2S. The normalized spacial score (nSPS) is 16.1. The van der Waals surface area contributed by atoms with E-state index in [1.54, 1.807) is 12.4 Å². The second-order valence-corrected chi connectivity index (χ2v) is 8.54. The smallest absolute Gasteiger partial charge is 0.321 e. The summed E-state index contributed by atoms with van der Waals surface area (Å²) in [5.74, 6) is 0.558. The van der Waals surface area contributed by atoms with Crippen LogP contribution < -0.4 is 10.6 Å². The summed E-state index contributed by atoms with van der Waals surface area (Å²) in [6, 6.07) is 3.72. The molecule has 9 heteroatoms. The summed E-state index contributed by atoms with van der Waals surface area (Å²) in [5, 5.41) is 14.5. The molecule has 2 N–H and O–H groups in total. The average molecular weight is 427 g/mol. The van der Waals surface area contributed by atoms with E-state index in [1.165, 1.54) is 30.2 Å². The monoisotopic (exact) mass is 426 g/mol. The number of aromatic nitrogens is 4. The molecule has 0 atom stereocenters. The minimum absolute atomic E-state index is 0.111. The Balaban J connectivity index is 1.26. The van der Waals surface area contributed by atoms with Crippen molar-refractivity contribution in [1.29, 1.82) is 0 Å². The van der Waals surface area contributed by atoms with Crippen LogP contribution in [0.25, 0.3) is 11.4 Å². The van der Waals surface area contributed by atoms with Crippen LogP contribution in [0.5, 0.6) is 0 Å². The molecule has 0 radical (unpaired) electrons. The van der Waals surface area contributed by atoms with E-state index < -0.39 is 6.03 Å². The van der Waals surface area contributed by atoms with Crippen LogP contribution in [-0.4, -0.2) is 44.0 Å². The Kier molecular flexibility index (Phi) is 6.78. The van der Waals surface area contributed by atoms with E-state index >= 15 is 0 Å². The first kappa shape index (κ1) is 20.6. The summed E-state index contributed by atoms with van der Waals surface area (Å²) in [6.45, 7) is 0.545. The minimum Gasteiger partial charge on any atom is -0.337 e. The summed E-state index contributed by atoms with van der Waals surface area (Å²) in [5.41, 5.74) is 2.35. The van der Waals surface area contributed by atoms with Gasteiger partial charge in [-0.3, -0.25) is 19.7 Å². The maximum Gasteiger partial charge on any atom is 0.321 e. The van der Waals surface area contributed by atoms with E-state index in [0.29, 0.717) is 17.7 Å². The lowest BCUT2D eigenvalue weighted by molar-refractivity contribution is -0.117. The zero-order valence-electron chi connectivity index (χ0n) is 16.8. The number of amides is 3. The van der Waals surface area contributed by atoms with Crippen molar-refractivity contribution in [3.05, 3.63) is 36.2 Å². The number of urea groups is 1. The molecule has 30 heavy (non-hydrogen) atoms. The van der Waals surface area contributed by atoms with Gasteiger partial charge in [-0.15, -0.1) is 10.2 Å². The number of carbonyl (C=O) groups excluding carboxylic acids is 2. The molecule has 2 aliphatic carbocycles. The van der Waals surface area contributed by atoms with E-state index in [1.807, 2.05) is 12.1 Å². The molecule has 2 heterocycles. The van der Waals surface area contributed by atoms with Crippen molar-refractivity contribution in [3.63, 3.8) is 0 Å². The summed E-state index contributed by atoms with van der Waals surface area (Å²) in [6.07, 6.45) is 13.4. The topological polar surface area (TPSA) is 102 Å². The van der Waals surface area contributed by atoms with Crippen molar-refractivity contribution in [2.75, 3.05) is 12.3 Å². The number of carbonyl (C=O) groups is 2. The largest absolute Gasteiger partial charge is 0.337 e. The van der Waals surface area contributed by atoms with Crippen molar-refractivity contribution in [1.82, 2.24) is 30.4 Å². The van der Waals surface area contributed by atoms with Crippen molar-refractivity contribution < 1.29 is 9.59 Å². The van der Waals surface area contributed by atoms with Crippen LogP contribution in [0.1, 0.15) is 51.0 Å². The standard InChI is InChI=1S/C21H26N6O2S/c28-18(24-20(29)23-13-8-15-4-2-1-3-5-15)14-30-21-26-25-19(27(21)17-6-7-17)16-9-11-22-12-10-16/h4,9-12,17H,1-3,5-8,13-14H2,(H2,23,24,28,29). The molecule has 0 bridgehead atoms. The van der Waals surface area contributed by atoms with Gasteiger partial charge in [0.05, 0.1) is 5.75 Å². The van der Waals surface area contributed by atoms with Gasteiger partial charge in [-0.1, -0.05) is 23.4 Å². The van der Waals surface area contributed by atoms with Gasteiger partial charge in [0.25, 0.3) is 0 Å². The fraction of sp³-hybridized carbons (Fsp3) is 0.476. The Morgan fingerprint density at radius 1 is 1.17 bits per heavy atom. The molecular weight excluding hydrogens is 400 g/mol. The molecule has 4 rings (SSSR count). The van der Waals surface area contributed by atoms with E-state index in [-0.39, 0.29) is 11.7 Å². The van der Waals surface area contributed by atoms with E-state index in [0.717, 1.165) is 43.5 Å². The Labute approximate surface area is 179 Å². The Hall–Kier alpha value is -2.68. The Bertz CT molecular complexity index is 923. The number of thioether (sulfide) groups is 1. The van der Waals surface area contributed by atoms with Crippen molar-refractivity contribution >= 4 is 23.7 Å². The summed E-state index contributed by atoms with van der Waals surface area (Å²) >= 11 is 1.30. The highest BCUT2D eigenvalue weighted by molar-refractivity contribution is 7.99. The zero-order chi connectivity index (χ0) is 20.8. The van der Waals surface area contributed by atoms with Crippen LogP contribution in [0.2, 0.25) is 0 Å². The summed E-state index contributed by atoms with van der Waals surface area (Å²) in [4.78, 5) is 28.2. The van der Waals surface area contributed by atoms with Crippen molar-refractivity contribution in [3.8, 4) is 11.4 Å². The van der Waals surface area contributed by atoms with E-state index in [2.05, 4.69) is 36.5 Å². The third kappa shape index (κ3) is 5.47. The Morgan fingerprint density at radius 3 is 2.73 bits per heavy atom. The highest BCUT2D eigenvalue weighted by Gasteiger charge is 2.30.